The third-order valence-corrected chi connectivity index (χ3v) is 3.67. The van der Waals surface area contributed by atoms with Crippen LogP contribution in [-0.2, 0) is 17.9 Å². The minimum absolute atomic E-state index is 0.0372. The van der Waals surface area contributed by atoms with Crippen molar-refractivity contribution in [1.29, 1.82) is 0 Å². The molecule has 0 fully saturated rings. The van der Waals surface area contributed by atoms with Gasteiger partial charge in [0.25, 0.3) is 5.56 Å². The molecule has 0 saturated heterocycles. The molecule has 8 nitrogen and oxygen atoms in total. The lowest BCUT2D eigenvalue weighted by molar-refractivity contribution is 0.0565. The molecule has 0 saturated carbocycles. The summed E-state index contributed by atoms with van der Waals surface area (Å²) in [4.78, 5) is 22.3. The minimum atomic E-state index is -0.378. The number of nitrogens with two attached hydrogens (primary N) is 1. The number of aromatic nitrogens is 4. The Morgan fingerprint density at radius 1 is 1.33 bits per heavy atom. The molecule has 0 aliphatic carbocycles. The van der Waals surface area contributed by atoms with Crippen molar-refractivity contribution in [3.05, 3.63) is 52.6 Å². The molecule has 0 aliphatic rings. The number of aromatic amines is 1. The Morgan fingerprint density at radius 3 is 2.88 bits per heavy atom. The van der Waals surface area contributed by atoms with Crippen LogP contribution in [0.3, 0.4) is 0 Å². The highest BCUT2D eigenvalue weighted by atomic mass is 16.5. The van der Waals surface area contributed by atoms with E-state index in [1.54, 1.807) is 4.57 Å². The van der Waals surface area contributed by atoms with E-state index in [1.165, 1.54) is 6.33 Å². The number of aliphatic hydroxyl groups is 1. The number of hydrogen-bond acceptors (Lipinski definition) is 6. The first-order chi connectivity index (χ1) is 11.7. The standard InChI is InChI=1S/C16H19N5O3/c17-16-19-14-13(15(23)20-16)18-10-21(14)6-12(7-22)9-24-8-11-4-2-1-3-5-11/h1-5,10,12,22H,6-9H2,(H3,17,19,20,23)/t12-/m0/s1. The molecular formula is C16H19N5O3. The number of nitrogens with one attached hydrogen (secondary N) is 1. The molecule has 0 bridgehead atoms. The molecule has 2 aromatic heterocycles. The number of nitrogens with zero attached hydrogens (tertiary/aromatic N) is 3. The number of hydrogen-bond donors (Lipinski definition) is 3. The molecule has 126 valence electrons. The Labute approximate surface area is 137 Å². The van der Waals surface area contributed by atoms with Gasteiger partial charge in [-0.2, -0.15) is 4.98 Å². The summed E-state index contributed by atoms with van der Waals surface area (Å²) in [6, 6.07) is 9.82. The highest BCUT2D eigenvalue weighted by Crippen LogP contribution is 2.11. The second-order valence-corrected chi connectivity index (χ2v) is 5.57. The van der Waals surface area contributed by atoms with Gasteiger partial charge in [-0.05, 0) is 5.56 Å². The molecular weight excluding hydrogens is 310 g/mol. The van der Waals surface area contributed by atoms with Gasteiger partial charge >= 0.3 is 0 Å². The maximum absolute atomic E-state index is 11.8. The third kappa shape index (κ3) is 3.61. The first-order valence-corrected chi connectivity index (χ1v) is 7.60. The fraction of sp³-hybridized carbons (Fsp3) is 0.312. The van der Waals surface area contributed by atoms with Crippen LogP contribution in [0.4, 0.5) is 5.95 Å². The van der Waals surface area contributed by atoms with Crippen LogP contribution in [0.2, 0.25) is 0 Å². The normalized spacial score (nSPS) is 12.5. The molecule has 1 aromatic carbocycles. The summed E-state index contributed by atoms with van der Waals surface area (Å²) >= 11 is 0. The van der Waals surface area contributed by atoms with Crippen molar-refractivity contribution in [3.63, 3.8) is 0 Å². The van der Waals surface area contributed by atoms with Crippen molar-refractivity contribution < 1.29 is 9.84 Å². The van der Waals surface area contributed by atoms with Crippen molar-refractivity contribution in [3.8, 4) is 0 Å². The van der Waals surface area contributed by atoms with Gasteiger partial charge in [0.2, 0.25) is 5.95 Å². The van der Waals surface area contributed by atoms with E-state index in [0.29, 0.717) is 25.4 Å². The van der Waals surface area contributed by atoms with Crippen molar-refractivity contribution in [2.75, 3.05) is 18.9 Å². The Balaban J connectivity index is 1.66. The van der Waals surface area contributed by atoms with Crippen molar-refractivity contribution >= 4 is 17.1 Å². The average Bonchev–Trinajstić information content (AvgIpc) is 2.98. The summed E-state index contributed by atoms with van der Waals surface area (Å²) in [6.07, 6.45) is 1.52. The zero-order valence-corrected chi connectivity index (χ0v) is 13.1. The van der Waals surface area contributed by atoms with Gasteiger partial charge in [0.05, 0.1) is 19.5 Å². The van der Waals surface area contributed by atoms with Crippen molar-refractivity contribution in [2.24, 2.45) is 5.92 Å². The second kappa shape index (κ2) is 7.24. The Morgan fingerprint density at radius 2 is 2.12 bits per heavy atom. The quantitative estimate of drug-likeness (QED) is 0.581. The number of fused-ring (bicyclic) bond motifs is 1. The number of nitrogen functional groups attached to an aromatic ring is 1. The van der Waals surface area contributed by atoms with E-state index in [4.69, 9.17) is 10.5 Å². The van der Waals surface area contributed by atoms with E-state index in [2.05, 4.69) is 15.0 Å². The SMILES string of the molecule is Nc1nc2c(ncn2C[C@@H](CO)COCc2ccccc2)c(=O)[nH]1. The molecule has 1 atom stereocenters. The van der Waals surface area contributed by atoms with Gasteiger partial charge in [0, 0.05) is 19.1 Å². The van der Waals surface area contributed by atoms with Crippen LogP contribution in [-0.4, -0.2) is 37.8 Å². The average molecular weight is 329 g/mol. The summed E-state index contributed by atoms with van der Waals surface area (Å²) < 4.78 is 7.38. The van der Waals surface area contributed by atoms with Gasteiger partial charge in [-0.25, -0.2) is 4.98 Å². The molecule has 3 rings (SSSR count). The third-order valence-electron chi connectivity index (χ3n) is 3.67. The monoisotopic (exact) mass is 329 g/mol. The lowest BCUT2D eigenvalue weighted by Crippen LogP contribution is -2.21. The number of aliphatic hydroxyl groups excluding tert-OH is 1. The maximum atomic E-state index is 11.8. The summed E-state index contributed by atoms with van der Waals surface area (Å²) in [6.45, 7) is 1.24. The Hall–Kier alpha value is -2.71. The highest BCUT2D eigenvalue weighted by Gasteiger charge is 2.14. The maximum Gasteiger partial charge on any atom is 0.280 e. The number of H-pyrrole nitrogens is 1. The van der Waals surface area contributed by atoms with E-state index in [1.807, 2.05) is 30.3 Å². The number of ether oxygens (including phenoxy) is 1. The van der Waals surface area contributed by atoms with Gasteiger partial charge in [0.15, 0.2) is 11.2 Å². The van der Waals surface area contributed by atoms with Crippen LogP contribution in [0.15, 0.2) is 41.5 Å². The molecule has 3 aromatic rings. The number of benzene rings is 1. The molecule has 2 heterocycles. The molecule has 4 N–H and O–H groups in total. The molecule has 0 amide bonds. The summed E-state index contributed by atoms with van der Waals surface area (Å²) in [5.74, 6) is -0.108. The van der Waals surface area contributed by atoms with Crippen LogP contribution in [0.1, 0.15) is 5.56 Å². The van der Waals surface area contributed by atoms with Gasteiger partial charge in [-0.15, -0.1) is 0 Å². The van der Waals surface area contributed by atoms with Crippen LogP contribution < -0.4 is 11.3 Å². The van der Waals surface area contributed by atoms with E-state index in [-0.39, 0.29) is 29.5 Å². The number of anilines is 1. The summed E-state index contributed by atoms with van der Waals surface area (Å²) in [7, 11) is 0. The smallest absolute Gasteiger partial charge is 0.280 e. The number of rotatable bonds is 7. The number of imidazole rings is 1. The van der Waals surface area contributed by atoms with Crippen LogP contribution in [0.25, 0.3) is 11.2 Å². The first kappa shape index (κ1) is 16.2. The van der Waals surface area contributed by atoms with E-state index in [0.717, 1.165) is 5.56 Å². The molecule has 8 heteroatoms. The predicted octanol–water partition coefficient (Wildman–Crippen LogP) is 0.527. The summed E-state index contributed by atoms with van der Waals surface area (Å²) in [5, 5.41) is 9.58. The van der Waals surface area contributed by atoms with Gasteiger partial charge in [-0.1, -0.05) is 30.3 Å². The van der Waals surface area contributed by atoms with Crippen LogP contribution in [0, 0.1) is 5.92 Å². The van der Waals surface area contributed by atoms with Gasteiger partial charge in [-0.3, -0.25) is 9.78 Å². The van der Waals surface area contributed by atoms with E-state index >= 15 is 0 Å². The fourth-order valence-electron chi connectivity index (χ4n) is 2.46. The first-order valence-electron chi connectivity index (χ1n) is 7.60. The lowest BCUT2D eigenvalue weighted by Gasteiger charge is -2.15. The molecule has 24 heavy (non-hydrogen) atoms. The topological polar surface area (TPSA) is 119 Å². The van der Waals surface area contributed by atoms with Crippen molar-refractivity contribution in [2.45, 2.75) is 13.2 Å². The van der Waals surface area contributed by atoms with E-state index < -0.39 is 0 Å². The fourth-order valence-corrected chi connectivity index (χ4v) is 2.46. The van der Waals surface area contributed by atoms with Crippen LogP contribution >= 0.6 is 0 Å². The Kier molecular flexibility index (Phi) is 4.88. The largest absolute Gasteiger partial charge is 0.396 e. The van der Waals surface area contributed by atoms with Crippen molar-refractivity contribution in [1.82, 2.24) is 19.5 Å². The minimum Gasteiger partial charge on any atom is -0.396 e. The Bertz CT molecular complexity index is 859. The highest BCUT2D eigenvalue weighted by molar-refractivity contribution is 5.70. The van der Waals surface area contributed by atoms with E-state index in [9.17, 15) is 9.90 Å². The van der Waals surface area contributed by atoms with Gasteiger partial charge in [0.1, 0.15) is 0 Å². The predicted molar refractivity (Wildman–Crippen MR) is 89.2 cm³/mol. The molecule has 0 radical (unpaired) electrons. The summed E-state index contributed by atoms with van der Waals surface area (Å²) in [5.41, 5.74) is 6.90. The molecule has 0 unspecified atom stereocenters. The second-order valence-electron chi connectivity index (χ2n) is 5.57. The zero-order chi connectivity index (χ0) is 16.9. The van der Waals surface area contributed by atoms with Gasteiger partial charge < -0.3 is 20.1 Å². The molecule has 0 aliphatic heterocycles. The lowest BCUT2D eigenvalue weighted by atomic mass is 10.2. The van der Waals surface area contributed by atoms with Crippen LogP contribution in [0.5, 0.6) is 0 Å². The zero-order valence-electron chi connectivity index (χ0n) is 13.1. The molecule has 0 spiro atoms.